The van der Waals surface area contributed by atoms with Gasteiger partial charge in [-0.2, -0.15) is 0 Å². The van der Waals surface area contributed by atoms with Gasteiger partial charge in [-0.25, -0.2) is 4.98 Å². The molecule has 2 aromatic rings. The van der Waals surface area contributed by atoms with Gasteiger partial charge < -0.3 is 15.4 Å². The Kier molecular flexibility index (Phi) is 6.98. The molecule has 0 fully saturated rings. The zero-order valence-corrected chi connectivity index (χ0v) is 13.8. The van der Waals surface area contributed by atoms with Crippen LogP contribution >= 0.6 is 0 Å². The summed E-state index contributed by atoms with van der Waals surface area (Å²) >= 11 is 0. The second kappa shape index (κ2) is 9.67. The highest BCUT2D eigenvalue weighted by Crippen LogP contribution is 2.16. The largest absolute Gasteiger partial charge is 0.484 e. The minimum Gasteiger partial charge on any atom is -0.484 e. The Morgan fingerprint density at radius 2 is 1.85 bits per heavy atom. The number of carbonyl (C=O) groups is 2. The second-order valence-corrected chi connectivity index (χ2v) is 5.09. The summed E-state index contributed by atoms with van der Waals surface area (Å²) in [5.74, 6) is -0.295. The molecule has 0 aliphatic carbocycles. The zero-order valence-electron chi connectivity index (χ0n) is 13.8. The van der Waals surface area contributed by atoms with Gasteiger partial charge >= 0.3 is 0 Å². The Bertz CT molecular complexity index is 751. The van der Waals surface area contributed by atoms with Crippen LogP contribution in [-0.4, -0.2) is 46.4 Å². The van der Waals surface area contributed by atoms with Crippen molar-refractivity contribution in [2.45, 2.75) is 6.42 Å². The number of ether oxygens (including phenoxy) is 1. The Morgan fingerprint density at radius 3 is 2.50 bits per heavy atom. The molecule has 1 aromatic carbocycles. The monoisotopic (exact) mass is 359 g/mol. The number of non-ortho nitro benzene ring substituents is 1. The first-order valence-electron chi connectivity index (χ1n) is 7.74. The summed E-state index contributed by atoms with van der Waals surface area (Å²) in [6, 6.07) is 5.45. The first-order valence-corrected chi connectivity index (χ1v) is 7.74. The van der Waals surface area contributed by atoms with E-state index in [2.05, 4.69) is 20.6 Å². The van der Waals surface area contributed by atoms with Crippen molar-refractivity contribution in [3.8, 4) is 5.75 Å². The third-order valence-electron chi connectivity index (χ3n) is 3.17. The van der Waals surface area contributed by atoms with Crippen molar-refractivity contribution < 1.29 is 19.2 Å². The summed E-state index contributed by atoms with van der Waals surface area (Å²) in [6.07, 6.45) is 4.81. The lowest BCUT2D eigenvalue weighted by Crippen LogP contribution is -2.32. The molecule has 10 nitrogen and oxygen atoms in total. The lowest BCUT2D eigenvalue weighted by atomic mass is 10.3. The van der Waals surface area contributed by atoms with Crippen LogP contribution in [0, 0.1) is 10.1 Å². The fourth-order valence-electron chi connectivity index (χ4n) is 1.89. The normalized spacial score (nSPS) is 10.0. The van der Waals surface area contributed by atoms with E-state index in [4.69, 9.17) is 4.74 Å². The van der Waals surface area contributed by atoms with Crippen molar-refractivity contribution in [3.05, 3.63) is 58.7 Å². The fraction of sp³-hybridized carbons (Fsp3) is 0.250. The lowest BCUT2D eigenvalue weighted by Gasteiger charge is -2.08. The molecule has 0 aliphatic heterocycles. The highest BCUT2D eigenvalue weighted by molar-refractivity contribution is 5.91. The van der Waals surface area contributed by atoms with Crippen molar-refractivity contribution in [1.82, 2.24) is 20.6 Å². The predicted octanol–water partition coefficient (Wildman–Crippen LogP) is 0.700. The Balaban J connectivity index is 1.59. The fourth-order valence-corrected chi connectivity index (χ4v) is 1.89. The molecule has 1 aromatic heterocycles. The molecular formula is C16H17N5O5. The summed E-state index contributed by atoms with van der Waals surface area (Å²) in [5, 5.41) is 15.9. The molecule has 0 unspecified atom stereocenters. The van der Waals surface area contributed by atoms with Crippen molar-refractivity contribution in [1.29, 1.82) is 0 Å². The molecule has 0 radical (unpaired) electrons. The van der Waals surface area contributed by atoms with Crippen LogP contribution in [0.4, 0.5) is 5.69 Å². The van der Waals surface area contributed by atoms with Gasteiger partial charge in [0.15, 0.2) is 6.61 Å². The van der Waals surface area contributed by atoms with Crippen LogP contribution in [-0.2, 0) is 4.79 Å². The number of hydrogen-bond acceptors (Lipinski definition) is 7. The van der Waals surface area contributed by atoms with E-state index >= 15 is 0 Å². The molecule has 2 rings (SSSR count). The SMILES string of the molecule is O=C(COc1ccc([N+](=O)[O-])cc1)NCCCNC(=O)c1cnccn1. The van der Waals surface area contributed by atoms with Gasteiger partial charge in [0, 0.05) is 37.6 Å². The number of rotatable bonds is 9. The minimum atomic E-state index is -0.514. The number of nitro benzene ring substituents is 1. The van der Waals surface area contributed by atoms with E-state index in [-0.39, 0.29) is 29.8 Å². The first-order chi connectivity index (χ1) is 12.6. The molecular weight excluding hydrogens is 342 g/mol. The molecule has 0 saturated carbocycles. The molecule has 2 N–H and O–H groups in total. The summed E-state index contributed by atoms with van der Waals surface area (Å²) in [6.45, 7) is 0.534. The maximum Gasteiger partial charge on any atom is 0.271 e. The number of aromatic nitrogens is 2. The number of amides is 2. The summed E-state index contributed by atoms with van der Waals surface area (Å²) < 4.78 is 5.24. The number of nitrogens with zero attached hydrogens (tertiary/aromatic N) is 3. The zero-order chi connectivity index (χ0) is 18.8. The predicted molar refractivity (Wildman–Crippen MR) is 90.6 cm³/mol. The number of hydrogen-bond donors (Lipinski definition) is 2. The maximum absolute atomic E-state index is 11.7. The highest BCUT2D eigenvalue weighted by Gasteiger charge is 2.07. The Morgan fingerprint density at radius 1 is 1.12 bits per heavy atom. The van der Waals surface area contributed by atoms with Crippen LogP contribution in [0.3, 0.4) is 0 Å². The lowest BCUT2D eigenvalue weighted by molar-refractivity contribution is -0.384. The van der Waals surface area contributed by atoms with Gasteiger partial charge in [0.05, 0.1) is 11.1 Å². The van der Waals surface area contributed by atoms with Crippen molar-refractivity contribution in [2.24, 2.45) is 0 Å². The molecule has 136 valence electrons. The number of nitro groups is 1. The van der Waals surface area contributed by atoms with E-state index < -0.39 is 4.92 Å². The third kappa shape index (κ3) is 6.15. The van der Waals surface area contributed by atoms with E-state index in [1.165, 1.54) is 42.9 Å². The van der Waals surface area contributed by atoms with Crippen LogP contribution in [0.1, 0.15) is 16.9 Å². The molecule has 0 saturated heterocycles. The average Bonchev–Trinajstić information content (AvgIpc) is 2.67. The van der Waals surface area contributed by atoms with E-state index in [1.807, 2.05) is 0 Å². The maximum atomic E-state index is 11.7. The molecule has 26 heavy (non-hydrogen) atoms. The third-order valence-corrected chi connectivity index (χ3v) is 3.17. The Hall–Kier alpha value is -3.56. The summed E-state index contributed by atoms with van der Waals surface area (Å²) in [5.41, 5.74) is 0.179. The molecule has 2 amide bonds. The summed E-state index contributed by atoms with van der Waals surface area (Å²) in [4.78, 5) is 41.1. The van der Waals surface area contributed by atoms with Gasteiger partial charge in [-0.3, -0.25) is 24.7 Å². The molecule has 0 aliphatic rings. The van der Waals surface area contributed by atoms with Crippen LogP contribution in [0.15, 0.2) is 42.9 Å². The smallest absolute Gasteiger partial charge is 0.271 e. The quantitative estimate of drug-likeness (QED) is 0.382. The van der Waals surface area contributed by atoms with Gasteiger partial charge in [-0.1, -0.05) is 0 Å². The molecule has 1 heterocycles. The average molecular weight is 359 g/mol. The van der Waals surface area contributed by atoms with Crippen LogP contribution < -0.4 is 15.4 Å². The topological polar surface area (TPSA) is 136 Å². The number of nitrogens with one attached hydrogen (secondary N) is 2. The molecule has 10 heteroatoms. The number of benzene rings is 1. The van der Waals surface area contributed by atoms with Gasteiger partial charge in [-0.05, 0) is 18.6 Å². The standard InChI is InChI=1S/C16H17N5O5/c22-15(11-26-13-4-2-12(3-5-13)21(24)25)19-6-1-7-20-16(23)14-10-17-8-9-18-14/h2-5,8-10H,1,6-7,11H2,(H,19,22)(H,20,23). The molecule has 0 atom stereocenters. The van der Waals surface area contributed by atoms with E-state index in [9.17, 15) is 19.7 Å². The molecule has 0 spiro atoms. The highest BCUT2D eigenvalue weighted by atomic mass is 16.6. The van der Waals surface area contributed by atoms with Gasteiger partial charge in [-0.15, -0.1) is 0 Å². The van der Waals surface area contributed by atoms with E-state index in [0.29, 0.717) is 25.3 Å². The van der Waals surface area contributed by atoms with E-state index in [1.54, 1.807) is 0 Å². The van der Waals surface area contributed by atoms with Gasteiger partial charge in [0.2, 0.25) is 0 Å². The van der Waals surface area contributed by atoms with Crippen molar-refractivity contribution in [3.63, 3.8) is 0 Å². The van der Waals surface area contributed by atoms with Crippen LogP contribution in [0.5, 0.6) is 5.75 Å². The van der Waals surface area contributed by atoms with Gasteiger partial charge in [0.25, 0.3) is 17.5 Å². The van der Waals surface area contributed by atoms with E-state index in [0.717, 1.165) is 0 Å². The van der Waals surface area contributed by atoms with Gasteiger partial charge in [0.1, 0.15) is 11.4 Å². The van der Waals surface area contributed by atoms with Crippen molar-refractivity contribution in [2.75, 3.05) is 19.7 Å². The minimum absolute atomic E-state index is 0.0506. The summed E-state index contributed by atoms with van der Waals surface area (Å²) in [7, 11) is 0. The second-order valence-electron chi connectivity index (χ2n) is 5.09. The Labute approximate surface area is 148 Å². The van der Waals surface area contributed by atoms with Crippen LogP contribution in [0.25, 0.3) is 0 Å². The first kappa shape index (κ1) is 18.8. The number of carbonyl (C=O) groups excluding carboxylic acids is 2. The molecule has 0 bridgehead atoms. The van der Waals surface area contributed by atoms with Crippen LogP contribution in [0.2, 0.25) is 0 Å². The van der Waals surface area contributed by atoms with Crippen molar-refractivity contribution >= 4 is 17.5 Å².